The molecule has 0 bridgehead atoms. The van der Waals surface area contributed by atoms with Crippen molar-refractivity contribution in [3.05, 3.63) is 22.7 Å². The second-order valence-corrected chi connectivity index (χ2v) is 8.32. The molecule has 0 spiro atoms. The lowest BCUT2D eigenvalue weighted by molar-refractivity contribution is 0.306. The summed E-state index contributed by atoms with van der Waals surface area (Å²) in [4.78, 5) is 0.271. The molecule has 0 aromatic heterocycles. The fraction of sp³-hybridized carbons (Fsp3) is 0.625. The van der Waals surface area contributed by atoms with Gasteiger partial charge in [-0.2, -0.15) is 0 Å². The Kier molecular flexibility index (Phi) is 6.71. The number of halogens is 1. The maximum absolute atomic E-state index is 12.5. The highest BCUT2D eigenvalue weighted by Crippen LogP contribution is 2.29. The molecule has 4 nitrogen and oxygen atoms in total. The minimum Gasteiger partial charge on any atom is -0.492 e. The smallest absolute Gasteiger partial charge is 0.240 e. The van der Waals surface area contributed by atoms with Gasteiger partial charge in [0.1, 0.15) is 5.75 Å². The van der Waals surface area contributed by atoms with Gasteiger partial charge >= 0.3 is 0 Å². The van der Waals surface area contributed by atoms with Crippen LogP contribution >= 0.6 is 15.9 Å². The molecule has 1 N–H and O–H groups in total. The summed E-state index contributed by atoms with van der Waals surface area (Å²) in [6.07, 6.45) is 7.23. The largest absolute Gasteiger partial charge is 0.492 e. The fourth-order valence-corrected chi connectivity index (χ4v) is 4.28. The summed E-state index contributed by atoms with van der Waals surface area (Å²) in [5.41, 5.74) is 0. The zero-order valence-corrected chi connectivity index (χ0v) is 15.4. The summed E-state index contributed by atoms with van der Waals surface area (Å²) >= 11 is 3.41. The summed E-state index contributed by atoms with van der Waals surface area (Å²) in [6.45, 7) is 2.68. The summed E-state index contributed by atoms with van der Waals surface area (Å²) in [5, 5.41) is 0. The van der Waals surface area contributed by atoms with Crippen molar-refractivity contribution >= 4 is 26.0 Å². The van der Waals surface area contributed by atoms with E-state index in [1.807, 2.05) is 0 Å². The number of ether oxygens (including phenoxy) is 1. The molecule has 1 saturated carbocycles. The minimum atomic E-state index is -3.48. The monoisotopic (exact) mass is 389 g/mol. The van der Waals surface area contributed by atoms with E-state index >= 15 is 0 Å². The maximum atomic E-state index is 12.5. The van der Waals surface area contributed by atoms with Gasteiger partial charge in [0, 0.05) is 12.1 Å². The summed E-state index contributed by atoms with van der Waals surface area (Å²) in [7, 11) is -3.48. The van der Waals surface area contributed by atoms with Crippen molar-refractivity contribution in [1.29, 1.82) is 0 Å². The third-order valence-electron chi connectivity index (χ3n) is 3.90. The van der Waals surface area contributed by atoms with Crippen molar-refractivity contribution in [2.24, 2.45) is 0 Å². The topological polar surface area (TPSA) is 55.4 Å². The average molecular weight is 390 g/mol. The molecule has 0 unspecified atom stereocenters. The Balaban J connectivity index is 2.10. The van der Waals surface area contributed by atoms with Crippen LogP contribution in [0.1, 0.15) is 51.9 Å². The Bertz CT molecular complexity index is 583. The molecule has 6 heteroatoms. The first-order chi connectivity index (χ1) is 10.5. The van der Waals surface area contributed by atoms with Crippen molar-refractivity contribution < 1.29 is 13.2 Å². The Labute approximate surface area is 141 Å². The van der Waals surface area contributed by atoms with Crippen molar-refractivity contribution in [2.75, 3.05) is 6.61 Å². The Morgan fingerprint density at radius 3 is 2.68 bits per heavy atom. The van der Waals surface area contributed by atoms with Crippen LogP contribution in [0.3, 0.4) is 0 Å². The van der Waals surface area contributed by atoms with Gasteiger partial charge in [-0.15, -0.1) is 0 Å². The van der Waals surface area contributed by atoms with Gasteiger partial charge < -0.3 is 4.74 Å². The number of nitrogens with one attached hydrogen (secondary N) is 1. The molecule has 22 heavy (non-hydrogen) atoms. The van der Waals surface area contributed by atoms with E-state index < -0.39 is 10.0 Å². The van der Waals surface area contributed by atoms with Gasteiger partial charge in [0.05, 0.1) is 16.0 Å². The van der Waals surface area contributed by atoms with E-state index in [2.05, 4.69) is 27.6 Å². The van der Waals surface area contributed by atoms with Crippen LogP contribution in [0.15, 0.2) is 27.6 Å². The average Bonchev–Trinajstić information content (AvgIpc) is 2.50. The highest BCUT2D eigenvalue weighted by molar-refractivity contribution is 9.10. The molecular weight excluding hydrogens is 366 g/mol. The number of benzene rings is 1. The molecule has 124 valence electrons. The van der Waals surface area contributed by atoms with E-state index in [4.69, 9.17) is 4.74 Å². The number of unbranched alkanes of at least 4 members (excludes halogenated alkanes) is 1. The summed E-state index contributed by atoms with van der Waals surface area (Å²) < 4.78 is 34.3. The molecule has 0 amide bonds. The van der Waals surface area contributed by atoms with Crippen LogP contribution in [0.2, 0.25) is 0 Å². The lowest BCUT2D eigenvalue weighted by Gasteiger charge is -2.22. The lowest BCUT2D eigenvalue weighted by Crippen LogP contribution is -2.36. The third kappa shape index (κ3) is 4.96. The van der Waals surface area contributed by atoms with Crippen LogP contribution in [0.5, 0.6) is 5.75 Å². The molecule has 1 aromatic carbocycles. The second kappa shape index (κ2) is 8.31. The lowest BCUT2D eigenvalue weighted by atomic mass is 9.96. The number of hydrogen-bond acceptors (Lipinski definition) is 3. The van der Waals surface area contributed by atoms with Crippen molar-refractivity contribution in [3.63, 3.8) is 0 Å². The Morgan fingerprint density at radius 2 is 2.00 bits per heavy atom. The zero-order chi connectivity index (χ0) is 16.0. The molecule has 0 saturated heterocycles. The van der Waals surface area contributed by atoms with Gasteiger partial charge in [-0.1, -0.05) is 32.6 Å². The van der Waals surface area contributed by atoms with Gasteiger partial charge in [-0.05, 0) is 47.3 Å². The fourth-order valence-electron chi connectivity index (χ4n) is 2.60. The highest BCUT2D eigenvalue weighted by atomic mass is 79.9. The SMILES string of the molecule is CCCCOc1cc(S(=O)(=O)NC2CCCCC2)ccc1Br. The van der Waals surface area contributed by atoms with Crippen LogP contribution in [0.25, 0.3) is 0 Å². The van der Waals surface area contributed by atoms with Gasteiger partial charge in [0.2, 0.25) is 10.0 Å². The first-order valence-corrected chi connectivity index (χ1v) is 10.2. The van der Waals surface area contributed by atoms with Gasteiger partial charge in [0.25, 0.3) is 0 Å². The van der Waals surface area contributed by atoms with Crippen LogP contribution in [0.4, 0.5) is 0 Å². The van der Waals surface area contributed by atoms with Crippen molar-refractivity contribution in [1.82, 2.24) is 4.72 Å². The first kappa shape index (κ1) is 17.8. The van der Waals surface area contributed by atoms with Crippen LogP contribution < -0.4 is 9.46 Å². The minimum absolute atomic E-state index is 0.0619. The standard InChI is InChI=1S/C16H24BrNO3S/c1-2-3-11-21-16-12-14(9-10-15(16)17)22(19,20)18-13-7-5-4-6-8-13/h9-10,12-13,18H,2-8,11H2,1H3. The molecule has 0 heterocycles. The van der Waals surface area contributed by atoms with Crippen LogP contribution in [0, 0.1) is 0 Å². The number of sulfonamides is 1. The molecule has 2 rings (SSSR count). The van der Waals surface area contributed by atoms with E-state index in [-0.39, 0.29) is 10.9 Å². The predicted molar refractivity (Wildman–Crippen MR) is 91.7 cm³/mol. The number of hydrogen-bond donors (Lipinski definition) is 1. The number of rotatable bonds is 7. The van der Waals surface area contributed by atoms with Gasteiger partial charge in [0.15, 0.2) is 0 Å². The summed E-state index contributed by atoms with van der Waals surface area (Å²) in [5.74, 6) is 0.583. The molecule has 1 fully saturated rings. The summed E-state index contributed by atoms with van der Waals surface area (Å²) in [6, 6.07) is 5.01. The van der Waals surface area contributed by atoms with Gasteiger partial charge in [-0.3, -0.25) is 0 Å². The maximum Gasteiger partial charge on any atom is 0.240 e. The molecule has 0 atom stereocenters. The van der Waals surface area contributed by atoms with E-state index in [0.717, 1.165) is 43.0 Å². The van der Waals surface area contributed by atoms with E-state index in [9.17, 15) is 8.42 Å². The zero-order valence-electron chi connectivity index (χ0n) is 13.0. The van der Waals surface area contributed by atoms with Crippen LogP contribution in [-0.4, -0.2) is 21.1 Å². The Morgan fingerprint density at radius 1 is 1.27 bits per heavy atom. The highest BCUT2D eigenvalue weighted by Gasteiger charge is 2.22. The van der Waals surface area contributed by atoms with Crippen molar-refractivity contribution in [3.8, 4) is 5.75 Å². The second-order valence-electron chi connectivity index (χ2n) is 5.75. The first-order valence-electron chi connectivity index (χ1n) is 7.97. The third-order valence-corrected chi connectivity index (χ3v) is 6.07. The Hall–Kier alpha value is -0.590. The predicted octanol–water partition coefficient (Wildman–Crippen LogP) is 4.24. The van der Waals surface area contributed by atoms with Crippen molar-refractivity contribution in [2.45, 2.75) is 62.8 Å². The van der Waals surface area contributed by atoms with E-state index in [0.29, 0.717) is 12.4 Å². The van der Waals surface area contributed by atoms with Gasteiger partial charge in [-0.25, -0.2) is 13.1 Å². The van der Waals surface area contributed by atoms with Crippen LogP contribution in [-0.2, 0) is 10.0 Å². The molecule has 1 aliphatic rings. The molecule has 0 aliphatic heterocycles. The normalized spacial score (nSPS) is 16.6. The quantitative estimate of drug-likeness (QED) is 0.709. The van der Waals surface area contributed by atoms with E-state index in [1.165, 1.54) is 6.42 Å². The molecule has 1 aromatic rings. The molecule has 0 radical (unpaired) electrons. The molecular formula is C16H24BrNO3S. The molecule has 1 aliphatic carbocycles. The van der Waals surface area contributed by atoms with E-state index in [1.54, 1.807) is 18.2 Å².